The van der Waals surface area contributed by atoms with Crippen molar-refractivity contribution in [1.29, 1.82) is 0 Å². The molecule has 0 saturated heterocycles. The number of nitrogens with one attached hydrogen (secondary N) is 1. The molecule has 0 aliphatic heterocycles. The number of benzene rings is 1. The number of ether oxygens (including phenoxy) is 1. The summed E-state index contributed by atoms with van der Waals surface area (Å²) in [5.41, 5.74) is 2.64. The van der Waals surface area contributed by atoms with Crippen LogP contribution in [0.3, 0.4) is 0 Å². The fourth-order valence-corrected chi connectivity index (χ4v) is 3.50. The molecule has 2 aromatic heterocycles. The van der Waals surface area contributed by atoms with Crippen LogP contribution in [0.2, 0.25) is 15.1 Å². The Kier molecular flexibility index (Phi) is 7.23. The zero-order chi connectivity index (χ0) is 21.8. The van der Waals surface area contributed by atoms with Gasteiger partial charge in [-0.25, -0.2) is 4.98 Å². The van der Waals surface area contributed by atoms with Crippen molar-refractivity contribution in [2.24, 2.45) is 0 Å². The standard InChI is InChI=1S/C21H21Cl3N4O2/c1-12-7-16(8-13(2)20(12)24)30-6-4-5-19(29)26-18-9-14(3)27-28(18)21-17(23)10-15(22)11-25-21/h7-11H,4-6H2,1-3H3,(H,26,29). The summed E-state index contributed by atoms with van der Waals surface area (Å²) in [5.74, 6) is 1.46. The van der Waals surface area contributed by atoms with Crippen molar-refractivity contribution in [3.05, 3.63) is 62.4 Å². The molecule has 30 heavy (non-hydrogen) atoms. The number of aromatic nitrogens is 3. The number of amides is 1. The van der Waals surface area contributed by atoms with Crippen molar-refractivity contribution in [2.75, 3.05) is 11.9 Å². The summed E-state index contributed by atoms with van der Waals surface area (Å²) in [6.45, 7) is 6.10. The average molecular weight is 468 g/mol. The van der Waals surface area contributed by atoms with Crippen LogP contribution in [-0.2, 0) is 4.79 Å². The first-order valence-corrected chi connectivity index (χ1v) is 10.5. The van der Waals surface area contributed by atoms with Gasteiger partial charge < -0.3 is 10.1 Å². The number of aryl methyl sites for hydroxylation is 3. The number of anilines is 1. The SMILES string of the molecule is Cc1cc(NC(=O)CCCOc2cc(C)c(Cl)c(C)c2)n(-c2ncc(Cl)cc2Cl)n1. The molecule has 9 heteroatoms. The van der Waals surface area contributed by atoms with E-state index in [2.05, 4.69) is 15.4 Å². The second-order valence-electron chi connectivity index (χ2n) is 6.91. The van der Waals surface area contributed by atoms with Gasteiger partial charge in [0.25, 0.3) is 0 Å². The van der Waals surface area contributed by atoms with Crippen LogP contribution in [0, 0.1) is 20.8 Å². The summed E-state index contributed by atoms with van der Waals surface area (Å²) in [5, 5.41) is 8.71. The Bertz CT molecular complexity index is 1060. The van der Waals surface area contributed by atoms with Crippen molar-refractivity contribution in [1.82, 2.24) is 14.8 Å². The zero-order valence-electron chi connectivity index (χ0n) is 16.8. The Hall–Kier alpha value is -2.28. The molecule has 0 unspecified atom stereocenters. The van der Waals surface area contributed by atoms with E-state index in [0.717, 1.165) is 27.6 Å². The molecule has 0 bridgehead atoms. The van der Waals surface area contributed by atoms with E-state index < -0.39 is 0 Å². The minimum atomic E-state index is -0.159. The van der Waals surface area contributed by atoms with Crippen LogP contribution < -0.4 is 10.1 Å². The van der Waals surface area contributed by atoms with Crippen LogP contribution >= 0.6 is 34.8 Å². The minimum absolute atomic E-state index is 0.159. The van der Waals surface area contributed by atoms with Crippen molar-refractivity contribution in [3.63, 3.8) is 0 Å². The van der Waals surface area contributed by atoms with Gasteiger partial charge in [0.2, 0.25) is 5.91 Å². The fraction of sp³-hybridized carbons (Fsp3) is 0.286. The van der Waals surface area contributed by atoms with E-state index in [1.807, 2.05) is 32.9 Å². The number of carbonyl (C=O) groups excluding carboxylic acids is 1. The summed E-state index contributed by atoms with van der Waals surface area (Å²) in [4.78, 5) is 16.6. The van der Waals surface area contributed by atoms with E-state index in [1.54, 1.807) is 12.1 Å². The normalized spacial score (nSPS) is 10.9. The number of rotatable bonds is 7. The Morgan fingerprint density at radius 2 is 1.80 bits per heavy atom. The average Bonchev–Trinajstić information content (AvgIpc) is 3.03. The van der Waals surface area contributed by atoms with Gasteiger partial charge in [0.05, 0.1) is 22.3 Å². The molecular weight excluding hydrogens is 447 g/mol. The molecule has 1 aromatic carbocycles. The highest BCUT2D eigenvalue weighted by molar-refractivity contribution is 6.35. The lowest BCUT2D eigenvalue weighted by Crippen LogP contribution is -2.16. The molecule has 0 aliphatic rings. The lowest BCUT2D eigenvalue weighted by Gasteiger charge is -2.11. The molecule has 2 heterocycles. The van der Waals surface area contributed by atoms with Crippen molar-refractivity contribution >= 4 is 46.5 Å². The van der Waals surface area contributed by atoms with Gasteiger partial charge in [0.15, 0.2) is 5.82 Å². The highest BCUT2D eigenvalue weighted by Crippen LogP contribution is 2.26. The number of nitrogens with zero attached hydrogens (tertiary/aromatic N) is 3. The number of hydrogen-bond acceptors (Lipinski definition) is 4. The van der Waals surface area contributed by atoms with Gasteiger partial charge in [-0.1, -0.05) is 34.8 Å². The molecular formula is C21H21Cl3N4O2. The molecule has 1 N–H and O–H groups in total. The minimum Gasteiger partial charge on any atom is -0.494 e. The Morgan fingerprint density at radius 3 is 2.47 bits per heavy atom. The largest absolute Gasteiger partial charge is 0.494 e. The van der Waals surface area contributed by atoms with Crippen LogP contribution in [0.1, 0.15) is 29.7 Å². The predicted molar refractivity (Wildman–Crippen MR) is 120 cm³/mol. The third-order valence-electron chi connectivity index (χ3n) is 4.31. The second-order valence-corrected chi connectivity index (χ2v) is 8.13. The van der Waals surface area contributed by atoms with Crippen LogP contribution in [0.5, 0.6) is 5.75 Å². The summed E-state index contributed by atoms with van der Waals surface area (Å²) in [7, 11) is 0. The van der Waals surface area contributed by atoms with Gasteiger partial charge in [-0.2, -0.15) is 9.78 Å². The molecule has 0 atom stereocenters. The van der Waals surface area contributed by atoms with Gasteiger partial charge in [-0.3, -0.25) is 4.79 Å². The number of pyridine rings is 1. The summed E-state index contributed by atoms with van der Waals surface area (Å²) in [6.07, 6.45) is 2.32. The van der Waals surface area contributed by atoms with E-state index in [1.165, 1.54) is 10.9 Å². The molecule has 0 fully saturated rings. The summed E-state index contributed by atoms with van der Waals surface area (Å²) < 4.78 is 7.24. The van der Waals surface area contributed by atoms with E-state index in [4.69, 9.17) is 39.5 Å². The molecule has 0 saturated carbocycles. The Balaban J connectivity index is 1.58. The third kappa shape index (κ3) is 5.45. The molecule has 0 aliphatic carbocycles. The number of halogens is 3. The van der Waals surface area contributed by atoms with Crippen LogP contribution in [0.15, 0.2) is 30.5 Å². The first-order valence-electron chi connectivity index (χ1n) is 9.32. The molecule has 158 valence electrons. The fourth-order valence-electron chi connectivity index (χ4n) is 2.93. The van der Waals surface area contributed by atoms with E-state index in [9.17, 15) is 4.79 Å². The smallest absolute Gasteiger partial charge is 0.225 e. The maximum absolute atomic E-state index is 12.4. The number of carbonyl (C=O) groups is 1. The highest BCUT2D eigenvalue weighted by atomic mass is 35.5. The lowest BCUT2D eigenvalue weighted by molar-refractivity contribution is -0.116. The van der Waals surface area contributed by atoms with Crippen molar-refractivity contribution in [2.45, 2.75) is 33.6 Å². The summed E-state index contributed by atoms with van der Waals surface area (Å²) in [6, 6.07) is 7.10. The van der Waals surface area contributed by atoms with Crippen molar-refractivity contribution in [3.8, 4) is 11.6 Å². The maximum Gasteiger partial charge on any atom is 0.225 e. The topological polar surface area (TPSA) is 69.0 Å². The van der Waals surface area contributed by atoms with E-state index >= 15 is 0 Å². The van der Waals surface area contributed by atoms with E-state index in [-0.39, 0.29) is 12.3 Å². The molecule has 0 radical (unpaired) electrons. The maximum atomic E-state index is 12.4. The number of hydrogen-bond donors (Lipinski definition) is 1. The molecule has 6 nitrogen and oxygen atoms in total. The highest BCUT2D eigenvalue weighted by Gasteiger charge is 2.15. The monoisotopic (exact) mass is 466 g/mol. The first kappa shape index (κ1) is 22.4. The molecule has 3 aromatic rings. The second kappa shape index (κ2) is 9.69. The van der Waals surface area contributed by atoms with Crippen molar-refractivity contribution < 1.29 is 9.53 Å². The van der Waals surface area contributed by atoms with E-state index in [0.29, 0.717) is 34.7 Å². The Labute approximate surface area is 190 Å². The summed E-state index contributed by atoms with van der Waals surface area (Å²) >= 11 is 18.3. The van der Waals surface area contributed by atoms with Crippen LogP contribution in [-0.4, -0.2) is 27.3 Å². The van der Waals surface area contributed by atoms with Gasteiger partial charge in [0.1, 0.15) is 11.6 Å². The quantitative estimate of drug-likeness (QED) is 0.436. The Morgan fingerprint density at radius 1 is 1.10 bits per heavy atom. The molecule has 1 amide bonds. The van der Waals surface area contributed by atoms with Gasteiger partial charge in [-0.05, 0) is 56.5 Å². The van der Waals surface area contributed by atoms with Crippen LogP contribution in [0.4, 0.5) is 5.82 Å². The lowest BCUT2D eigenvalue weighted by atomic mass is 10.1. The zero-order valence-corrected chi connectivity index (χ0v) is 19.1. The van der Waals surface area contributed by atoms with Gasteiger partial charge in [-0.15, -0.1) is 0 Å². The van der Waals surface area contributed by atoms with Crippen LogP contribution in [0.25, 0.3) is 5.82 Å². The molecule has 3 rings (SSSR count). The third-order valence-corrected chi connectivity index (χ3v) is 5.40. The predicted octanol–water partition coefficient (Wildman–Crippen LogP) is 5.95. The van der Waals surface area contributed by atoms with Gasteiger partial charge >= 0.3 is 0 Å². The van der Waals surface area contributed by atoms with Gasteiger partial charge in [0, 0.05) is 23.7 Å². The molecule has 0 spiro atoms. The first-order chi connectivity index (χ1) is 14.2.